The first-order chi connectivity index (χ1) is 9.20. The largest absolute Gasteiger partial charge is 0.369 e. The lowest BCUT2D eigenvalue weighted by molar-refractivity contribution is -0.0794. The fourth-order valence-electron chi connectivity index (χ4n) is 5.30. The van der Waals surface area contributed by atoms with Crippen LogP contribution < -0.4 is 5.73 Å². The molecular formula is C17H32N2O. The molecule has 0 radical (unpaired) electrons. The molecule has 3 heteroatoms. The van der Waals surface area contributed by atoms with E-state index >= 15 is 0 Å². The Morgan fingerprint density at radius 1 is 1.10 bits per heavy atom. The van der Waals surface area contributed by atoms with Gasteiger partial charge in [-0.15, -0.1) is 0 Å². The highest BCUT2D eigenvalue weighted by Gasteiger charge is 2.51. The SMILES string of the molecule is CN1C2CCC1CC(C(N)C1CC(C)(C)OC1(C)C)C2. The molecule has 0 saturated carbocycles. The van der Waals surface area contributed by atoms with E-state index in [2.05, 4.69) is 39.6 Å². The summed E-state index contributed by atoms with van der Waals surface area (Å²) in [5.41, 5.74) is 6.65. The summed E-state index contributed by atoms with van der Waals surface area (Å²) >= 11 is 0. The van der Waals surface area contributed by atoms with Crippen LogP contribution in [0.3, 0.4) is 0 Å². The van der Waals surface area contributed by atoms with Crippen molar-refractivity contribution in [3.8, 4) is 0 Å². The summed E-state index contributed by atoms with van der Waals surface area (Å²) in [6, 6.07) is 1.86. The van der Waals surface area contributed by atoms with Gasteiger partial charge < -0.3 is 15.4 Å². The van der Waals surface area contributed by atoms with E-state index in [0.717, 1.165) is 18.5 Å². The van der Waals surface area contributed by atoms with Crippen LogP contribution in [0.1, 0.15) is 59.8 Å². The third-order valence-corrected chi connectivity index (χ3v) is 6.29. The summed E-state index contributed by atoms with van der Waals surface area (Å²) in [6.45, 7) is 8.88. The zero-order valence-electron chi connectivity index (χ0n) is 13.9. The fraction of sp³-hybridized carbons (Fsp3) is 1.00. The number of fused-ring (bicyclic) bond motifs is 2. The van der Waals surface area contributed by atoms with Gasteiger partial charge in [0.25, 0.3) is 0 Å². The van der Waals surface area contributed by atoms with Crippen molar-refractivity contribution in [2.24, 2.45) is 17.6 Å². The molecule has 4 unspecified atom stereocenters. The second kappa shape index (κ2) is 4.69. The summed E-state index contributed by atoms with van der Waals surface area (Å²) in [5.74, 6) is 1.18. The monoisotopic (exact) mass is 280 g/mol. The van der Waals surface area contributed by atoms with Gasteiger partial charge in [-0.1, -0.05) is 0 Å². The van der Waals surface area contributed by atoms with Crippen molar-refractivity contribution in [1.29, 1.82) is 0 Å². The Kier molecular flexibility index (Phi) is 3.47. The van der Waals surface area contributed by atoms with Gasteiger partial charge in [-0.2, -0.15) is 0 Å². The van der Waals surface area contributed by atoms with Crippen LogP contribution in [0.5, 0.6) is 0 Å². The lowest BCUT2D eigenvalue weighted by Crippen LogP contribution is -2.51. The Morgan fingerprint density at radius 3 is 2.10 bits per heavy atom. The summed E-state index contributed by atoms with van der Waals surface area (Å²) in [5, 5.41) is 0. The van der Waals surface area contributed by atoms with Crippen molar-refractivity contribution >= 4 is 0 Å². The summed E-state index contributed by atoms with van der Waals surface area (Å²) in [7, 11) is 2.30. The van der Waals surface area contributed by atoms with Crippen LogP contribution in [0.15, 0.2) is 0 Å². The standard InChI is InChI=1S/C17H32N2O/c1-16(2)10-14(17(3,4)20-16)15(18)11-8-12-6-7-13(9-11)19(12)5/h11-15H,6-10,18H2,1-5H3. The van der Waals surface area contributed by atoms with Crippen LogP contribution in [0.4, 0.5) is 0 Å². The van der Waals surface area contributed by atoms with Crippen LogP contribution in [0.25, 0.3) is 0 Å². The minimum absolute atomic E-state index is 0.0176. The molecule has 3 aliphatic heterocycles. The molecule has 2 N–H and O–H groups in total. The topological polar surface area (TPSA) is 38.5 Å². The predicted octanol–water partition coefficient (Wildman–Crippen LogP) is 2.78. The Morgan fingerprint density at radius 2 is 1.65 bits per heavy atom. The maximum Gasteiger partial charge on any atom is 0.0677 e. The molecule has 3 nitrogen and oxygen atoms in total. The lowest BCUT2D eigenvalue weighted by Gasteiger charge is -2.42. The van der Waals surface area contributed by atoms with Crippen molar-refractivity contribution < 1.29 is 4.74 Å². The summed E-state index contributed by atoms with van der Waals surface area (Å²) in [4.78, 5) is 2.60. The molecule has 0 aromatic rings. The van der Waals surface area contributed by atoms with Gasteiger partial charge in [-0.05, 0) is 72.8 Å². The fourth-order valence-corrected chi connectivity index (χ4v) is 5.30. The second-order valence-electron chi connectivity index (χ2n) is 8.64. The Bertz CT molecular complexity index is 365. The number of rotatable bonds is 2. The number of hydrogen-bond donors (Lipinski definition) is 1. The molecule has 3 heterocycles. The third-order valence-electron chi connectivity index (χ3n) is 6.29. The van der Waals surface area contributed by atoms with E-state index < -0.39 is 0 Å². The van der Waals surface area contributed by atoms with Crippen LogP contribution in [0.2, 0.25) is 0 Å². The molecule has 0 spiro atoms. The van der Waals surface area contributed by atoms with E-state index in [1.165, 1.54) is 25.7 Å². The maximum atomic E-state index is 6.75. The van der Waals surface area contributed by atoms with Crippen molar-refractivity contribution in [2.45, 2.75) is 89.1 Å². The molecule has 2 bridgehead atoms. The molecule has 0 amide bonds. The van der Waals surface area contributed by atoms with Gasteiger partial charge >= 0.3 is 0 Å². The van der Waals surface area contributed by atoms with Gasteiger partial charge in [0.2, 0.25) is 0 Å². The van der Waals surface area contributed by atoms with Crippen LogP contribution in [0, 0.1) is 11.8 Å². The molecule has 3 rings (SSSR count). The average molecular weight is 280 g/mol. The number of hydrogen-bond acceptors (Lipinski definition) is 3. The minimum Gasteiger partial charge on any atom is -0.369 e. The minimum atomic E-state index is -0.0781. The number of ether oxygens (including phenoxy) is 1. The van der Waals surface area contributed by atoms with E-state index in [1.807, 2.05) is 0 Å². The molecular weight excluding hydrogens is 248 g/mol. The average Bonchev–Trinajstić information content (AvgIpc) is 2.69. The quantitative estimate of drug-likeness (QED) is 0.845. The molecule has 0 aliphatic carbocycles. The highest BCUT2D eigenvalue weighted by atomic mass is 16.5. The molecule has 3 aliphatic rings. The van der Waals surface area contributed by atoms with Crippen molar-refractivity contribution in [2.75, 3.05) is 7.05 Å². The van der Waals surface area contributed by atoms with Crippen LogP contribution >= 0.6 is 0 Å². The van der Waals surface area contributed by atoms with Gasteiger partial charge in [0.05, 0.1) is 11.2 Å². The molecule has 3 fully saturated rings. The molecule has 116 valence electrons. The zero-order valence-corrected chi connectivity index (χ0v) is 13.9. The molecule has 4 atom stereocenters. The molecule has 0 aromatic heterocycles. The van der Waals surface area contributed by atoms with E-state index in [-0.39, 0.29) is 11.2 Å². The van der Waals surface area contributed by atoms with Crippen molar-refractivity contribution in [1.82, 2.24) is 4.90 Å². The number of nitrogens with zero attached hydrogens (tertiary/aromatic N) is 1. The van der Waals surface area contributed by atoms with Gasteiger partial charge in [-0.25, -0.2) is 0 Å². The predicted molar refractivity (Wildman–Crippen MR) is 82.6 cm³/mol. The number of piperidine rings is 1. The van der Waals surface area contributed by atoms with E-state index in [0.29, 0.717) is 17.9 Å². The van der Waals surface area contributed by atoms with Gasteiger partial charge in [0.1, 0.15) is 0 Å². The van der Waals surface area contributed by atoms with Crippen molar-refractivity contribution in [3.05, 3.63) is 0 Å². The van der Waals surface area contributed by atoms with E-state index in [4.69, 9.17) is 10.5 Å². The van der Waals surface area contributed by atoms with Crippen LogP contribution in [-0.4, -0.2) is 41.3 Å². The highest BCUT2D eigenvalue weighted by Crippen LogP contribution is 2.47. The lowest BCUT2D eigenvalue weighted by atomic mass is 9.73. The van der Waals surface area contributed by atoms with Crippen molar-refractivity contribution in [3.63, 3.8) is 0 Å². The first kappa shape index (κ1) is 14.8. The molecule has 3 saturated heterocycles. The smallest absolute Gasteiger partial charge is 0.0677 e. The second-order valence-corrected chi connectivity index (χ2v) is 8.64. The molecule has 20 heavy (non-hydrogen) atoms. The highest BCUT2D eigenvalue weighted by molar-refractivity contribution is 5.04. The summed E-state index contributed by atoms with van der Waals surface area (Å²) < 4.78 is 6.26. The third kappa shape index (κ3) is 2.42. The van der Waals surface area contributed by atoms with Gasteiger partial charge in [0.15, 0.2) is 0 Å². The zero-order chi connectivity index (χ0) is 14.7. The van der Waals surface area contributed by atoms with E-state index in [9.17, 15) is 0 Å². The Labute approximate surface area is 124 Å². The van der Waals surface area contributed by atoms with E-state index in [1.54, 1.807) is 0 Å². The van der Waals surface area contributed by atoms with Crippen LogP contribution in [-0.2, 0) is 4.74 Å². The first-order valence-corrected chi connectivity index (χ1v) is 8.37. The van der Waals surface area contributed by atoms with Gasteiger partial charge in [-0.3, -0.25) is 0 Å². The van der Waals surface area contributed by atoms with Gasteiger partial charge in [0, 0.05) is 24.0 Å². The maximum absolute atomic E-state index is 6.75. The summed E-state index contributed by atoms with van der Waals surface area (Å²) in [6.07, 6.45) is 6.44. The molecule has 0 aromatic carbocycles. The first-order valence-electron chi connectivity index (χ1n) is 8.37. The number of nitrogens with two attached hydrogens (primary N) is 1. The Balaban J connectivity index is 1.72. The normalized spacial score (nSPS) is 44.7. The Hall–Kier alpha value is -0.120.